The number of esters is 1. The summed E-state index contributed by atoms with van der Waals surface area (Å²) in [6.07, 6.45) is -0.499. The van der Waals surface area contributed by atoms with E-state index in [9.17, 15) is 14.4 Å². The first-order valence-corrected chi connectivity index (χ1v) is 6.40. The summed E-state index contributed by atoms with van der Waals surface area (Å²) >= 11 is 11.6. The van der Waals surface area contributed by atoms with Crippen molar-refractivity contribution < 1.29 is 23.9 Å². The zero-order chi connectivity index (χ0) is 15.8. The Morgan fingerprint density at radius 1 is 1.14 bits per heavy atom. The van der Waals surface area contributed by atoms with Crippen molar-refractivity contribution in [2.75, 3.05) is 13.7 Å². The molecule has 0 atom stereocenters. The molecule has 114 valence electrons. The lowest BCUT2D eigenvalue weighted by atomic mass is 10.3. The van der Waals surface area contributed by atoms with Crippen LogP contribution >= 0.6 is 23.2 Å². The topological polar surface area (TPSA) is 93.7 Å². The van der Waals surface area contributed by atoms with E-state index in [0.717, 1.165) is 7.11 Å². The second kappa shape index (κ2) is 8.33. The molecule has 1 aromatic carbocycles. The Labute approximate surface area is 130 Å². The molecule has 21 heavy (non-hydrogen) atoms. The van der Waals surface area contributed by atoms with Crippen molar-refractivity contribution in [1.82, 2.24) is 10.9 Å². The Balaban J connectivity index is 2.34. The van der Waals surface area contributed by atoms with Crippen molar-refractivity contribution in [3.05, 3.63) is 28.2 Å². The van der Waals surface area contributed by atoms with Gasteiger partial charge in [0.05, 0.1) is 12.1 Å². The number of methoxy groups -OCH3 is 1. The second-order valence-corrected chi connectivity index (χ2v) is 4.56. The summed E-state index contributed by atoms with van der Waals surface area (Å²) < 4.78 is 9.44. The van der Waals surface area contributed by atoms with Crippen molar-refractivity contribution in [3.63, 3.8) is 0 Å². The molecule has 1 rings (SSSR count). The molecule has 0 heterocycles. The number of ether oxygens (including phenoxy) is 2. The lowest BCUT2D eigenvalue weighted by Crippen LogP contribution is -2.44. The van der Waals surface area contributed by atoms with Crippen LogP contribution in [0.2, 0.25) is 10.0 Å². The van der Waals surface area contributed by atoms with Gasteiger partial charge in [-0.2, -0.15) is 0 Å². The predicted octanol–water partition coefficient (Wildman–Crippen LogP) is 1.08. The predicted molar refractivity (Wildman–Crippen MR) is 74.9 cm³/mol. The summed E-state index contributed by atoms with van der Waals surface area (Å²) in [6.45, 7) is -0.375. The highest BCUT2D eigenvalue weighted by molar-refractivity contribution is 6.35. The number of hydrazine groups is 1. The molecule has 0 aliphatic rings. The maximum atomic E-state index is 11.4. The van der Waals surface area contributed by atoms with Gasteiger partial charge in [0.25, 0.3) is 5.91 Å². The van der Waals surface area contributed by atoms with Gasteiger partial charge in [-0.25, -0.2) is 0 Å². The number of halogens is 2. The van der Waals surface area contributed by atoms with Crippen LogP contribution in [-0.2, 0) is 19.1 Å². The van der Waals surface area contributed by atoms with Gasteiger partial charge in [0.1, 0.15) is 12.2 Å². The molecule has 9 heteroatoms. The lowest BCUT2D eigenvalue weighted by Gasteiger charge is -2.09. The van der Waals surface area contributed by atoms with E-state index in [0.29, 0.717) is 5.02 Å². The minimum absolute atomic E-state index is 0.255. The van der Waals surface area contributed by atoms with E-state index in [1.165, 1.54) is 12.1 Å². The Bertz CT molecular complexity index is 550. The van der Waals surface area contributed by atoms with Crippen LogP contribution in [0.3, 0.4) is 0 Å². The number of rotatable bonds is 5. The van der Waals surface area contributed by atoms with Gasteiger partial charge in [0, 0.05) is 5.02 Å². The van der Waals surface area contributed by atoms with Crippen LogP contribution in [0.5, 0.6) is 5.75 Å². The van der Waals surface area contributed by atoms with E-state index in [2.05, 4.69) is 10.2 Å². The first-order chi connectivity index (χ1) is 9.92. The molecular formula is C12H12Cl2N2O5. The van der Waals surface area contributed by atoms with Crippen LogP contribution in [-0.4, -0.2) is 31.5 Å². The van der Waals surface area contributed by atoms with Gasteiger partial charge in [0.2, 0.25) is 5.91 Å². The van der Waals surface area contributed by atoms with Crippen molar-refractivity contribution in [2.24, 2.45) is 0 Å². The normalized spacial score (nSPS) is 9.67. The molecular weight excluding hydrogens is 323 g/mol. The molecule has 0 aliphatic heterocycles. The molecule has 0 radical (unpaired) electrons. The molecule has 0 saturated carbocycles. The summed E-state index contributed by atoms with van der Waals surface area (Å²) in [5, 5.41) is 0.692. The first kappa shape index (κ1) is 17.1. The SMILES string of the molecule is COC(=O)CC(=O)NNC(=O)COc1ccc(Cl)cc1Cl. The molecule has 0 bridgehead atoms. The Morgan fingerprint density at radius 3 is 2.43 bits per heavy atom. The number of benzene rings is 1. The molecule has 2 amide bonds. The zero-order valence-electron chi connectivity index (χ0n) is 10.9. The van der Waals surface area contributed by atoms with Crippen molar-refractivity contribution in [1.29, 1.82) is 0 Å². The summed E-state index contributed by atoms with van der Waals surface area (Å²) in [4.78, 5) is 33.4. The number of amides is 2. The van der Waals surface area contributed by atoms with Crippen LogP contribution in [0.25, 0.3) is 0 Å². The molecule has 0 aliphatic carbocycles. The van der Waals surface area contributed by atoms with Crippen LogP contribution in [0.4, 0.5) is 0 Å². The quantitative estimate of drug-likeness (QED) is 0.477. The number of carbonyl (C=O) groups is 3. The third-order valence-corrected chi connectivity index (χ3v) is 2.66. The van der Waals surface area contributed by atoms with E-state index in [1.807, 2.05) is 5.43 Å². The van der Waals surface area contributed by atoms with Gasteiger partial charge in [0.15, 0.2) is 6.61 Å². The molecule has 0 aromatic heterocycles. The van der Waals surface area contributed by atoms with E-state index < -0.39 is 24.2 Å². The van der Waals surface area contributed by atoms with E-state index >= 15 is 0 Å². The fourth-order valence-electron chi connectivity index (χ4n) is 1.16. The fourth-order valence-corrected chi connectivity index (χ4v) is 1.62. The van der Waals surface area contributed by atoms with Crippen LogP contribution < -0.4 is 15.6 Å². The average molecular weight is 335 g/mol. The molecule has 0 unspecified atom stereocenters. The van der Waals surface area contributed by atoms with Gasteiger partial charge < -0.3 is 9.47 Å². The van der Waals surface area contributed by atoms with Gasteiger partial charge in [-0.1, -0.05) is 23.2 Å². The smallest absolute Gasteiger partial charge is 0.315 e. The van der Waals surface area contributed by atoms with Gasteiger partial charge in [-0.3, -0.25) is 25.2 Å². The van der Waals surface area contributed by atoms with Gasteiger partial charge in [-0.05, 0) is 18.2 Å². The highest BCUT2D eigenvalue weighted by atomic mass is 35.5. The average Bonchev–Trinajstić information content (AvgIpc) is 2.44. The van der Waals surface area contributed by atoms with E-state index in [1.54, 1.807) is 6.07 Å². The maximum Gasteiger partial charge on any atom is 0.315 e. The van der Waals surface area contributed by atoms with Crippen molar-refractivity contribution >= 4 is 41.0 Å². The number of hydrogen-bond acceptors (Lipinski definition) is 5. The highest BCUT2D eigenvalue weighted by Gasteiger charge is 2.11. The largest absolute Gasteiger partial charge is 0.482 e. The second-order valence-electron chi connectivity index (χ2n) is 3.71. The molecule has 0 spiro atoms. The highest BCUT2D eigenvalue weighted by Crippen LogP contribution is 2.27. The molecule has 2 N–H and O–H groups in total. The summed E-state index contributed by atoms with van der Waals surface area (Å²) in [7, 11) is 1.15. The Morgan fingerprint density at radius 2 is 1.81 bits per heavy atom. The maximum absolute atomic E-state index is 11.4. The molecule has 7 nitrogen and oxygen atoms in total. The van der Waals surface area contributed by atoms with E-state index in [4.69, 9.17) is 27.9 Å². The van der Waals surface area contributed by atoms with Crippen LogP contribution in [0, 0.1) is 0 Å². The summed E-state index contributed by atoms with van der Waals surface area (Å²) in [6, 6.07) is 4.53. The standard InChI is InChI=1S/C12H12Cl2N2O5/c1-20-12(19)5-10(17)15-16-11(18)6-21-9-3-2-7(13)4-8(9)14/h2-4H,5-6H2,1H3,(H,15,17)(H,16,18). The van der Waals surface area contributed by atoms with E-state index in [-0.39, 0.29) is 17.4 Å². The first-order valence-electron chi connectivity index (χ1n) is 5.64. The zero-order valence-corrected chi connectivity index (χ0v) is 12.5. The minimum atomic E-state index is -0.717. The number of carbonyl (C=O) groups excluding carboxylic acids is 3. The fraction of sp³-hybridized carbons (Fsp3) is 0.250. The molecule has 1 aromatic rings. The lowest BCUT2D eigenvalue weighted by molar-refractivity contribution is -0.144. The number of hydrogen-bond donors (Lipinski definition) is 2. The molecule has 0 saturated heterocycles. The van der Waals surface area contributed by atoms with Gasteiger partial charge >= 0.3 is 5.97 Å². The Hall–Kier alpha value is -1.99. The summed E-state index contributed by atoms with van der Waals surface area (Å²) in [5.41, 5.74) is 4.11. The minimum Gasteiger partial charge on any atom is -0.482 e. The Kier molecular flexibility index (Phi) is 6.77. The number of nitrogens with one attached hydrogen (secondary N) is 2. The van der Waals surface area contributed by atoms with Crippen LogP contribution in [0.1, 0.15) is 6.42 Å². The third-order valence-electron chi connectivity index (χ3n) is 2.13. The van der Waals surface area contributed by atoms with Crippen LogP contribution in [0.15, 0.2) is 18.2 Å². The third kappa shape index (κ3) is 6.33. The monoisotopic (exact) mass is 334 g/mol. The molecule has 0 fully saturated rings. The van der Waals surface area contributed by atoms with Gasteiger partial charge in [-0.15, -0.1) is 0 Å². The van der Waals surface area contributed by atoms with Crippen molar-refractivity contribution in [3.8, 4) is 5.75 Å². The summed E-state index contributed by atoms with van der Waals surface area (Å²) in [5.74, 6) is -1.78. The van der Waals surface area contributed by atoms with Crippen molar-refractivity contribution in [2.45, 2.75) is 6.42 Å².